The van der Waals surface area contributed by atoms with E-state index in [-0.39, 0.29) is 17.7 Å². The first-order valence-corrected chi connectivity index (χ1v) is 7.30. The summed E-state index contributed by atoms with van der Waals surface area (Å²) in [5.74, 6) is 0.220. The first-order valence-electron chi connectivity index (χ1n) is 7.30. The zero-order valence-electron chi connectivity index (χ0n) is 12.4. The van der Waals surface area contributed by atoms with Gasteiger partial charge in [-0.05, 0) is 12.8 Å². The van der Waals surface area contributed by atoms with E-state index in [0.717, 1.165) is 25.8 Å². The van der Waals surface area contributed by atoms with Crippen molar-refractivity contribution in [1.29, 1.82) is 0 Å². The molecule has 5 nitrogen and oxygen atoms in total. The third-order valence-corrected chi connectivity index (χ3v) is 3.53. The van der Waals surface area contributed by atoms with Gasteiger partial charge in [-0.15, -0.1) is 0 Å². The maximum Gasteiger partial charge on any atom is 0.239 e. The standard InChI is InChI=1S/C14H27N3O2/c1-4-6-12(15)14(19)17-8-5-7-16(9-10-17)13(18)11(2)3/h11-12H,4-10,15H2,1-3H3. The summed E-state index contributed by atoms with van der Waals surface area (Å²) in [5.41, 5.74) is 5.88. The van der Waals surface area contributed by atoms with Crippen LogP contribution < -0.4 is 5.73 Å². The number of nitrogens with two attached hydrogens (primary N) is 1. The Labute approximate surface area is 116 Å². The SMILES string of the molecule is CCCC(N)C(=O)N1CCCN(C(=O)C(C)C)CC1. The van der Waals surface area contributed by atoms with Gasteiger partial charge < -0.3 is 15.5 Å². The van der Waals surface area contributed by atoms with E-state index in [1.54, 1.807) is 0 Å². The molecule has 19 heavy (non-hydrogen) atoms. The van der Waals surface area contributed by atoms with Gasteiger partial charge in [-0.1, -0.05) is 27.2 Å². The molecule has 0 aromatic heterocycles. The number of carbonyl (C=O) groups excluding carboxylic acids is 2. The minimum Gasteiger partial charge on any atom is -0.341 e. The van der Waals surface area contributed by atoms with Gasteiger partial charge in [0.15, 0.2) is 0 Å². The van der Waals surface area contributed by atoms with Crippen molar-refractivity contribution in [2.24, 2.45) is 11.7 Å². The Kier molecular flexibility index (Phi) is 6.28. The number of rotatable bonds is 4. The van der Waals surface area contributed by atoms with Gasteiger partial charge in [0, 0.05) is 32.1 Å². The molecule has 1 heterocycles. The van der Waals surface area contributed by atoms with Crippen molar-refractivity contribution in [3.63, 3.8) is 0 Å². The molecular weight excluding hydrogens is 242 g/mol. The van der Waals surface area contributed by atoms with Crippen LogP contribution in [-0.2, 0) is 9.59 Å². The van der Waals surface area contributed by atoms with Gasteiger partial charge >= 0.3 is 0 Å². The molecule has 0 aromatic carbocycles. The van der Waals surface area contributed by atoms with Crippen molar-refractivity contribution in [3.8, 4) is 0 Å². The average molecular weight is 269 g/mol. The molecule has 2 amide bonds. The van der Waals surface area contributed by atoms with Crippen molar-refractivity contribution >= 4 is 11.8 Å². The third-order valence-electron chi connectivity index (χ3n) is 3.53. The monoisotopic (exact) mass is 269 g/mol. The second-order valence-electron chi connectivity index (χ2n) is 5.55. The molecule has 0 saturated carbocycles. The van der Waals surface area contributed by atoms with Crippen LogP contribution in [0.4, 0.5) is 0 Å². The highest BCUT2D eigenvalue weighted by Crippen LogP contribution is 2.09. The smallest absolute Gasteiger partial charge is 0.239 e. The van der Waals surface area contributed by atoms with Gasteiger partial charge in [-0.2, -0.15) is 0 Å². The van der Waals surface area contributed by atoms with Gasteiger partial charge in [-0.25, -0.2) is 0 Å². The van der Waals surface area contributed by atoms with E-state index in [4.69, 9.17) is 5.73 Å². The quantitative estimate of drug-likeness (QED) is 0.822. The van der Waals surface area contributed by atoms with Crippen molar-refractivity contribution in [1.82, 2.24) is 9.80 Å². The maximum atomic E-state index is 12.1. The van der Waals surface area contributed by atoms with Crippen LogP contribution in [0, 0.1) is 5.92 Å². The summed E-state index contributed by atoms with van der Waals surface area (Å²) in [5, 5.41) is 0. The highest BCUT2D eigenvalue weighted by atomic mass is 16.2. The molecule has 0 spiro atoms. The lowest BCUT2D eigenvalue weighted by molar-refractivity contribution is -0.136. The topological polar surface area (TPSA) is 66.6 Å². The molecule has 0 radical (unpaired) electrons. The lowest BCUT2D eigenvalue weighted by Gasteiger charge is -2.25. The fourth-order valence-electron chi connectivity index (χ4n) is 2.39. The van der Waals surface area contributed by atoms with Crippen LogP contribution in [0.15, 0.2) is 0 Å². The largest absolute Gasteiger partial charge is 0.341 e. The van der Waals surface area contributed by atoms with Crippen molar-refractivity contribution in [3.05, 3.63) is 0 Å². The molecule has 1 fully saturated rings. The van der Waals surface area contributed by atoms with Crippen molar-refractivity contribution < 1.29 is 9.59 Å². The maximum absolute atomic E-state index is 12.1. The lowest BCUT2D eigenvalue weighted by atomic mass is 10.1. The zero-order chi connectivity index (χ0) is 14.4. The summed E-state index contributed by atoms with van der Waals surface area (Å²) in [7, 11) is 0. The lowest BCUT2D eigenvalue weighted by Crippen LogP contribution is -2.45. The number of hydrogen-bond donors (Lipinski definition) is 1. The summed E-state index contributed by atoms with van der Waals surface area (Å²) in [6.07, 6.45) is 2.48. The van der Waals surface area contributed by atoms with Gasteiger partial charge in [0.1, 0.15) is 0 Å². The van der Waals surface area contributed by atoms with E-state index >= 15 is 0 Å². The highest BCUT2D eigenvalue weighted by molar-refractivity contribution is 5.82. The normalized spacial score (nSPS) is 18.4. The Morgan fingerprint density at radius 1 is 1.05 bits per heavy atom. The summed E-state index contributed by atoms with van der Waals surface area (Å²) in [6.45, 7) is 8.53. The molecular formula is C14H27N3O2. The van der Waals surface area contributed by atoms with E-state index in [9.17, 15) is 9.59 Å². The van der Waals surface area contributed by atoms with E-state index in [1.165, 1.54) is 0 Å². The van der Waals surface area contributed by atoms with Crippen LogP contribution in [0.2, 0.25) is 0 Å². The molecule has 1 saturated heterocycles. The fourth-order valence-corrected chi connectivity index (χ4v) is 2.39. The molecule has 1 unspecified atom stereocenters. The molecule has 1 rings (SSSR count). The number of hydrogen-bond acceptors (Lipinski definition) is 3. The Bertz CT molecular complexity index is 318. The predicted octanol–water partition coefficient (Wildman–Crippen LogP) is 0.831. The van der Waals surface area contributed by atoms with Gasteiger partial charge in [-0.3, -0.25) is 9.59 Å². The first kappa shape index (κ1) is 16.0. The van der Waals surface area contributed by atoms with Crippen LogP contribution in [-0.4, -0.2) is 53.8 Å². The summed E-state index contributed by atoms with van der Waals surface area (Å²) < 4.78 is 0. The summed E-state index contributed by atoms with van der Waals surface area (Å²) in [6, 6.07) is -0.391. The minimum atomic E-state index is -0.391. The molecule has 0 aromatic rings. The van der Waals surface area contributed by atoms with Crippen molar-refractivity contribution in [2.45, 2.75) is 46.1 Å². The molecule has 1 atom stereocenters. The number of carbonyl (C=O) groups is 2. The van der Waals surface area contributed by atoms with E-state index < -0.39 is 6.04 Å². The van der Waals surface area contributed by atoms with Gasteiger partial charge in [0.25, 0.3) is 0 Å². The predicted molar refractivity (Wildman–Crippen MR) is 75.5 cm³/mol. The Hall–Kier alpha value is -1.10. The molecule has 5 heteroatoms. The van der Waals surface area contributed by atoms with Crippen LogP contribution in [0.1, 0.15) is 40.0 Å². The van der Waals surface area contributed by atoms with Gasteiger partial charge in [0.2, 0.25) is 11.8 Å². The third kappa shape index (κ3) is 4.49. The van der Waals surface area contributed by atoms with Crippen LogP contribution in [0.3, 0.4) is 0 Å². The first-order chi connectivity index (χ1) is 8.97. The zero-order valence-corrected chi connectivity index (χ0v) is 12.4. The van der Waals surface area contributed by atoms with E-state index in [1.807, 2.05) is 30.6 Å². The van der Waals surface area contributed by atoms with Crippen LogP contribution in [0.25, 0.3) is 0 Å². The molecule has 0 bridgehead atoms. The number of nitrogens with zero attached hydrogens (tertiary/aromatic N) is 2. The average Bonchev–Trinajstić information content (AvgIpc) is 2.62. The van der Waals surface area contributed by atoms with Crippen molar-refractivity contribution in [2.75, 3.05) is 26.2 Å². The molecule has 110 valence electrons. The molecule has 2 N–H and O–H groups in total. The fraction of sp³-hybridized carbons (Fsp3) is 0.857. The second-order valence-corrected chi connectivity index (χ2v) is 5.55. The van der Waals surface area contributed by atoms with Crippen LogP contribution in [0.5, 0.6) is 0 Å². The Morgan fingerprint density at radius 2 is 1.58 bits per heavy atom. The molecule has 1 aliphatic heterocycles. The van der Waals surface area contributed by atoms with E-state index in [0.29, 0.717) is 19.6 Å². The molecule has 1 aliphatic rings. The Morgan fingerprint density at radius 3 is 2.05 bits per heavy atom. The summed E-state index contributed by atoms with van der Waals surface area (Å²) >= 11 is 0. The van der Waals surface area contributed by atoms with Gasteiger partial charge in [0.05, 0.1) is 6.04 Å². The number of amides is 2. The second kappa shape index (κ2) is 7.48. The Balaban J connectivity index is 2.54. The minimum absolute atomic E-state index is 0.0181. The summed E-state index contributed by atoms with van der Waals surface area (Å²) in [4.78, 5) is 27.8. The van der Waals surface area contributed by atoms with E-state index in [2.05, 4.69) is 0 Å². The molecule has 0 aliphatic carbocycles. The van der Waals surface area contributed by atoms with Crippen LogP contribution >= 0.6 is 0 Å². The highest BCUT2D eigenvalue weighted by Gasteiger charge is 2.25.